The van der Waals surface area contributed by atoms with Crippen LogP contribution in [0.5, 0.6) is 0 Å². The lowest BCUT2D eigenvalue weighted by molar-refractivity contribution is 0.196. The first-order valence-corrected chi connectivity index (χ1v) is 6.84. The summed E-state index contributed by atoms with van der Waals surface area (Å²) in [7, 11) is 2.07. The molecular weight excluding hydrogens is 262 g/mol. The molecule has 2 heterocycles. The lowest BCUT2D eigenvalue weighted by atomic mass is 9.98. The van der Waals surface area contributed by atoms with E-state index < -0.39 is 11.6 Å². The van der Waals surface area contributed by atoms with Crippen LogP contribution in [0.4, 0.5) is 14.7 Å². The quantitative estimate of drug-likeness (QED) is 0.917. The molecule has 4 nitrogen and oxygen atoms in total. The molecule has 0 radical (unpaired) electrons. The molecule has 1 aromatic heterocycles. The average Bonchev–Trinajstić information content (AvgIpc) is 2.72. The van der Waals surface area contributed by atoms with Gasteiger partial charge in [0, 0.05) is 13.1 Å². The summed E-state index contributed by atoms with van der Waals surface area (Å²) in [4.78, 5) is 6.37. The molecule has 1 aliphatic heterocycles. The van der Waals surface area contributed by atoms with Crippen molar-refractivity contribution in [3.8, 4) is 0 Å². The number of aromatic nitrogens is 2. The smallest absolute Gasteiger partial charge is 0.201 e. The number of benzene rings is 1. The van der Waals surface area contributed by atoms with Crippen LogP contribution in [0.25, 0.3) is 11.0 Å². The maximum Gasteiger partial charge on any atom is 0.201 e. The lowest BCUT2D eigenvalue weighted by Gasteiger charge is -2.30. The summed E-state index contributed by atoms with van der Waals surface area (Å²) >= 11 is 0. The van der Waals surface area contributed by atoms with Crippen LogP contribution in [0.15, 0.2) is 12.1 Å². The van der Waals surface area contributed by atoms with Crippen LogP contribution in [-0.2, 0) is 6.54 Å². The molecule has 0 aliphatic carbocycles. The number of nitrogen functional groups attached to an aromatic ring is 1. The molecule has 108 valence electrons. The van der Waals surface area contributed by atoms with Gasteiger partial charge in [0.15, 0.2) is 11.6 Å². The minimum Gasteiger partial charge on any atom is -0.369 e. The summed E-state index contributed by atoms with van der Waals surface area (Å²) in [6, 6.07) is 2.55. The summed E-state index contributed by atoms with van der Waals surface area (Å²) < 4.78 is 29.0. The summed E-state index contributed by atoms with van der Waals surface area (Å²) in [5.74, 6) is -1.09. The zero-order valence-corrected chi connectivity index (χ0v) is 11.4. The Morgan fingerprint density at radius 2 is 2.20 bits per heavy atom. The van der Waals surface area contributed by atoms with Crippen LogP contribution in [0.2, 0.25) is 0 Å². The van der Waals surface area contributed by atoms with Gasteiger partial charge < -0.3 is 15.2 Å². The number of nitrogens with two attached hydrogens (primary N) is 1. The molecule has 1 fully saturated rings. The van der Waals surface area contributed by atoms with Gasteiger partial charge in [0.05, 0.1) is 5.52 Å². The van der Waals surface area contributed by atoms with Gasteiger partial charge in [0.1, 0.15) is 5.52 Å². The Morgan fingerprint density at radius 1 is 1.40 bits per heavy atom. The zero-order chi connectivity index (χ0) is 14.3. The van der Waals surface area contributed by atoms with Gasteiger partial charge in [-0.2, -0.15) is 0 Å². The minimum absolute atomic E-state index is 0.177. The van der Waals surface area contributed by atoms with E-state index in [-0.39, 0.29) is 11.5 Å². The molecule has 2 aromatic rings. The first-order valence-electron chi connectivity index (χ1n) is 6.84. The monoisotopic (exact) mass is 280 g/mol. The van der Waals surface area contributed by atoms with Gasteiger partial charge in [0.25, 0.3) is 0 Å². The van der Waals surface area contributed by atoms with E-state index >= 15 is 0 Å². The van der Waals surface area contributed by atoms with Crippen molar-refractivity contribution in [1.82, 2.24) is 14.5 Å². The summed E-state index contributed by atoms with van der Waals surface area (Å²) in [6.45, 7) is 2.60. The largest absolute Gasteiger partial charge is 0.369 e. The maximum absolute atomic E-state index is 14.0. The molecule has 2 N–H and O–H groups in total. The standard InChI is InChI=1S/C14H18F2N4/c1-19-6-2-3-9(7-19)8-20-13-11(18-14(20)17)5-4-10(15)12(13)16/h4-5,9H,2-3,6-8H2,1H3,(H2,17,18). The minimum atomic E-state index is -0.865. The van der Waals surface area contributed by atoms with E-state index in [1.807, 2.05) is 0 Å². The number of fused-ring (bicyclic) bond motifs is 1. The Balaban J connectivity index is 1.98. The first kappa shape index (κ1) is 13.3. The number of rotatable bonds is 2. The van der Waals surface area contributed by atoms with Crippen LogP contribution in [-0.4, -0.2) is 34.6 Å². The van der Waals surface area contributed by atoms with Crippen molar-refractivity contribution in [3.05, 3.63) is 23.8 Å². The lowest BCUT2D eigenvalue weighted by Crippen LogP contribution is -2.34. The second-order valence-corrected chi connectivity index (χ2v) is 5.58. The molecular formula is C14H18F2N4. The summed E-state index contributed by atoms with van der Waals surface area (Å²) in [5.41, 5.74) is 6.46. The van der Waals surface area contributed by atoms with E-state index in [4.69, 9.17) is 5.73 Å². The zero-order valence-electron chi connectivity index (χ0n) is 11.4. The molecule has 1 unspecified atom stereocenters. The van der Waals surface area contributed by atoms with E-state index in [0.29, 0.717) is 18.0 Å². The summed E-state index contributed by atoms with van der Waals surface area (Å²) in [6.07, 6.45) is 2.19. The Kier molecular flexibility index (Phi) is 3.33. The molecule has 1 aromatic carbocycles. The second-order valence-electron chi connectivity index (χ2n) is 5.58. The maximum atomic E-state index is 14.0. The molecule has 6 heteroatoms. The third kappa shape index (κ3) is 2.24. The van der Waals surface area contributed by atoms with Crippen LogP contribution < -0.4 is 5.73 Å². The number of imidazole rings is 1. The SMILES string of the molecule is CN1CCCC(Cn2c(N)nc3ccc(F)c(F)c32)C1. The molecule has 0 bridgehead atoms. The fraction of sp³-hybridized carbons (Fsp3) is 0.500. The van der Waals surface area contributed by atoms with Crippen LogP contribution >= 0.6 is 0 Å². The van der Waals surface area contributed by atoms with Crippen molar-refractivity contribution < 1.29 is 8.78 Å². The predicted octanol–water partition coefficient (Wildman–Crippen LogP) is 2.24. The Bertz CT molecular complexity index is 638. The van der Waals surface area contributed by atoms with Gasteiger partial charge >= 0.3 is 0 Å². The van der Waals surface area contributed by atoms with E-state index in [9.17, 15) is 8.78 Å². The van der Waals surface area contributed by atoms with E-state index in [1.54, 1.807) is 4.57 Å². The van der Waals surface area contributed by atoms with Gasteiger partial charge in [-0.25, -0.2) is 13.8 Å². The first-order chi connectivity index (χ1) is 9.56. The molecule has 1 atom stereocenters. The van der Waals surface area contributed by atoms with Crippen molar-refractivity contribution in [3.63, 3.8) is 0 Å². The highest BCUT2D eigenvalue weighted by Crippen LogP contribution is 2.26. The number of halogens is 2. The van der Waals surface area contributed by atoms with Gasteiger partial charge in [-0.3, -0.25) is 0 Å². The van der Waals surface area contributed by atoms with E-state index in [2.05, 4.69) is 16.9 Å². The van der Waals surface area contributed by atoms with Crippen LogP contribution in [0.3, 0.4) is 0 Å². The van der Waals surface area contributed by atoms with E-state index in [0.717, 1.165) is 32.0 Å². The highest BCUT2D eigenvalue weighted by molar-refractivity contribution is 5.79. The van der Waals surface area contributed by atoms with Gasteiger partial charge in [-0.1, -0.05) is 0 Å². The van der Waals surface area contributed by atoms with Crippen molar-refractivity contribution >= 4 is 17.0 Å². The number of hydrogen-bond acceptors (Lipinski definition) is 3. The third-order valence-corrected chi connectivity index (χ3v) is 3.99. The molecule has 0 spiro atoms. The third-order valence-electron chi connectivity index (χ3n) is 3.99. The van der Waals surface area contributed by atoms with Crippen molar-refractivity contribution in [2.24, 2.45) is 5.92 Å². The van der Waals surface area contributed by atoms with E-state index in [1.165, 1.54) is 6.07 Å². The van der Waals surface area contributed by atoms with Crippen molar-refractivity contribution in [1.29, 1.82) is 0 Å². The van der Waals surface area contributed by atoms with Crippen LogP contribution in [0.1, 0.15) is 12.8 Å². The molecule has 0 saturated carbocycles. The number of anilines is 1. The Labute approximate surface area is 116 Å². The fourth-order valence-corrected chi connectivity index (χ4v) is 3.04. The van der Waals surface area contributed by atoms with Gasteiger partial charge in [0.2, 0.25) is 5.95 Å². The number of likely N-dealkylation sites (tertiary alicyclic amines) is 1. The number of hydrogen-bond donors (Lipinski definition) is 1. The highest BCUT2D eigenvalue weighted by Gasteiger charge is 2.22. The number of piperidine rings is 1. The average molecular weight is 280 g/mol. The number of nitrogens with zero attached hydrogens (tertiary/aromatic N) is 3. The molecule has 20 heavy (non-hydrogen) atoms. The Hall–Kier alpha value is -1.69. The molecule has 1 saturated heterocycles. The fourth-order valence-electron chi connectivity index (χ4n) is 3.04. The van der Waals surface area contributed by atoms with Gasteiger partial charge in [-0.05, 0) is 44.5 Å². The normalized spacial score (nSPS) is 20.6. The molecule has 3 rings (SSSR count). The highest BCUT2D eigenvalue weighted by atomic mass is 19.2. The Morgan fingerprint density at radius 3 is 2.95 bits per heavy atom. The van der Waals surface area contributed by atoms with Crippen molar-refractivity contribution in [2.75, 3.05) is 25.9 Å². The van der Waals surface area contributed by atoms with Crippen LogP contribution in [0, 0.1) is 17.6 Å². The topological polar surface area (TPSA) is 47.1 Å². The predicted molar refractivity (Wildman–Crippen MR) is 74.3 cm³/mol. The molecule has 1 aliphatic rings. The van der Waals surface area contributed by atoms with Crippen molar-refractivity contribution in [2.45, 2.75) is 19.4 Å². The van der Waals surface area contributed by atoms with Gasteiger partial charge in [-0.15, -0.1) is 0 Å². The summed E-state index contributed by atoms with van der Waals surface area (Å²) in [5, 5.41) is 0. The molecule has 0 amide bonds. The second kappa shape index (κ2) is 5.01.